The molecule has 0 fully saturated rings. The zero-order valence-electron chi connectivity index (χ0n) is 11.5. The van der Waals surface area contributed by atoms with Crippen LogP contribution in [0.3, 0.4) is 0 Å². The van der Waals surface area contributed by atoms with Crippen molar-refractivity contribution in [2.75, 3.05) is 0 Å². The fraction of sp³-hybridized carbons (Fsp3) is 0.357. The van der Waals surface area contributed by atoms with E-state index in [1.165, 1.54) is 4.57 Å². The van der Waals surface area contributed by atoms with Crippen molar-refractivity contribution in [1.29, 1.82) is 0 Å². The number of rotatable bonds is 4. The second-order valence-corrected chi connectivity index (χ2v) is 4.70. The summed E-state index contributed by atoms with van der Waals surface area (Å²) in [6.45, 7) is 3.74. The lowest BCUT2D eigenvalue weighted by Crippen LogP contribution is -2.43. The Bertz CT molecular complexity index is 773. The van der Waals surface area contributed by atoms with Gasteiger partial charge in [-0.1, -0.05) is 19.1 Å². The molecule has 0 saturated carbocycles. The van der Waals surface area contributed by atoms with Gasteiger partial charge in [-0.3, -0.25) is 18.7 Å². The second-order valence-electron chi connectivity index (χ2n) is 4.70. The minimum atomic E-state index is -0.809. The van der Waals surface area contributed by atoms with Gasteiger partial charge in [0.05, 0.1) is 10.9 Å². The van der Waals surface area contributed by atoms with E-state index in [4.69, 9.17) is 5.73 Å². The van der Waals surface area contributed by atoms with Crippen molar-refractivity contribution in [3.63, 3.8) is 0 Å². The predicted molar refractivity (Wildman–Crippen MR) is 76.7 cm³/mol. The Morgan fingerprint density at radius 1 is 1.30 bits per heavy atom. The van der Waals surface area contributed by atoms with E-state index in [-0.39, 0.29) is 5.56 Å². The van der Waals surface area contributed by atoms with E-state index < -0.39 is 17.6 Å². The molecular formula is C14H17N3O3. The van der Waals surface area contributed by atoms with Gasteiger partial charge in [-0.25, -0.2) is 4.79 Å². The van der Waals surface area contributed by atoms with Crippen LogP contribution in [0.4, 0.5) is 0 Å². The second kappa shape index (κ2) is 5.32. The van der Waals surface area contributed by atoms with Crippen LogP contribution in [0.1, 0.15) is 26.3 Å². The number of benzene rings is 1. The molecule has 0 saturated heterocycles. The topological polar surface area (TPSA) is 87.1 Å². The van der Waals surface area contributed by atoms with Gasteiger partial charge in [-0.15, -0.1) is 0 Å². The molecule has 0 bridgehead atoms. The molecule has 1 unspecified atom stereocenters. The fourth-order valence-electron chi connectivity index (χ4n) is 2.25. The van der Waals surface area contributed by atoms with Crippen molar-refractivity contribution in [2.24, 2.45) is 5.73 Å². The van der Waals surface area contributed by atoms with E-state index >= 15 is 0 Å². The number of hydrogen-bond acceptors (Lipinski definition) is 3. The minimum Gasteiger partial charge on any atom is -0.368 e. The lowest BCUT2D eigenvalue weighted by molar-refractivity contribution is -0.120. The third kappa shape index (κ3) is 2.13. The van der Waals surface area contributed by atoms with Crippen molar-refractivity contribution in [2.45, 2.75) is 32.9 Å². The first-order chi connectivity index (χ1) is 9.49. The number of carbonyl (C=O) groups excluding carboxylic acids is 1. The van der Waals surface area contributed by atoms with Gasteiger partial charge in [0.1, 0.15) is 6.04 Å². The molecule has 2 rings (SSSR count). The molecule has 6 heteroatoms. The number of hydrogen-bond donors (Lipinski definition) is 1. The summed E-state index contributed by atoms with van der Waals surface area (Å²) >= 11 is 0. The first-order valence-electron chi connectivity index (χ1n) is 6.52. The van der Waals surface area contributed by atoms with Gasteiger partial charge in [-0.2, -0.15) is 0 Å². The van der Waals surface area contributed by atoms with Crippen molar-refractivity contribution in [3.05, 3.63) is 45.1 Å². The van der Waals surface area contributed by atoms with Gasteiger partial charge in [0.2, 0.25) is 5.91 Å². The molecule has 0 radical (unpaired) electrons. The van der Waals surface area contributed by atoms with Crippen LogP contribution in [0.5, 0.6) is 0 Å². The lowest BCUT2D eigenvalue weighted by atomic mass is 10.2. The van der Waals surface area contributed by atoms with Crippen LogP contribution in [0.25, 0.3) is 10.9 Å². The van der Waals surface area contributed by atoms with Crippen molar-refractivity contribution >= 4 is 16.8 Å². The lowest BCUT2D eigenvalue weighted by Gasteiger charge is -2.17. The zero-order chi connectivity index (χ0) is 14.9. The molecule has 2 aromatic rings. The average Bonchev–Trinajstić information content (AvgIpc) is 2.43. The number of primary amides is 1. The van der Waals surface area contributed by atoms with E-state index in [1.54, 1.807) is 31.2 Å². The van der Waals surface area contributed by atoms with Crippen LogP contribution in [0.2, 0.25) is 0 Å². The third-order valence-corrected chi connectivity index (χ3v) is 3.32. The molecule has 1 aromatic carbocycles. The Morgan fingerprint density at radius 2 is 1.95 bits per heavy atom. The van der Waals surface area contributed by atoms with Crippen LogP contribution in [-0.2, 0) is 11.3 Å². The average molecular weight is 275 g/mol. The van der Waals surface area contributed by atoms with E-state index in [0.29, 0.717) is 23.9 Å². The number of para-hydroxylation sites is 1. The Hall–Kier alpha value is -2.37. The fourth-order valence-corrected chi connectivity index (χ4v) is 2.25. The molecule has 0 aliphatic heterocycles. The molecule has 2 N–H and O–H groups in total. The molecule has 0 aliphatic carbocycles. The van der Waals surface area contributed by atoms with Crippen LogP contribution in [0, 0.1) is 0 Å². The molecule has 1 atom stereocenters. The molecule has 0 aliphatic rings. The standard InChI is InChI=1S/C14H17N3O3/c1-3-8-16-13(19)10-6-4-5-7-11(10)17(14(16)20)9(2)12(15)18/h4-7,9H,3,8H2,1-2H3,(H2,15,18). The highest BCUT2D eigenvalue weighted by molar-refractivity contribution is 5.83. The summed E-state index contributed by atoms with van der Waals surface area (Å²) in [6, 6.07) is 5.93. The van der Waals surface area contributed by atoms with Crippen molar-refractivity contribution in [3.8, 4) is 0 Å². The molecule has 0 spiro atoms. The number of amides is 1. The predicted octanol–water partition coefficient (Wildman–Crippen LogP) is 0.620. The molecule has 20 heavy (non-hydrogen) atoms. The van der Waals surface area contributed by atoms with Crippen LogP contribution < -0.4 is 17.0 Å². The van der Waals surface area contributed by atoms with E-state index in [2.05, 4.69) is 0 Å². The van der Waals surface area contributed by atoms with Crippen LogP contribution in [0.15, 0.2) is 33.9 Å². The van der Waals surface area contributed by atoms with E-state index in [0.717, 1.165) is 4.57 Å². The Morgan fingerprint density at radius 3 is 2.55 bits per heavy atom. The third-order valence-electron chi connectivity index (χ3n) is 3.32. The zero-order valence-corrected chi connectivity index (χ0v) is 11.5. The SMILES string of the molecule is CCCn1c(=O)c2ccccc2n(C(C)C(N)=O)c1=O. The maximum atomic E-state index is 12.5. The van der Waals surface area contributed by atoms with Gasteiger partial charge in [0.15, 0.2) is 0 Å². The minimum absolute atomic E-state index is 0.313. The Balaban J connectivity index is 2.95. The van der Waals surface area contributed by atoms with Crippen LogP contribution in [-0.4, -0.2) is 15.0 Å². The number of fused-ring (bicyclic) bond motifs is 1. The highest BCUT2D eigenvalue weighted by Gasteiger charge is 2.19. The monoisotopic (exact) mass is 275 g/mol. The molecule has 1 aromatic heterocycles. The summed E-state index contributed by atoms with van der Waals surface area (Å²) in [7, 11) is 0. The quantitative estimate of drug-likeness (QED) is 0.887. The molecular weight excluding hydrogens is 258 g/mol. The van der Waals surface area contributed by atoms with E-state index in [9.17, 15) is 14.4 Å². The molecule has 1 amide bonds. The maximum Gasteiger partial charge on any atom is 0.332 e. The summed E-state index contributed by atoms with van der Waals surface area (Å²) in [5, 5.41) is 0.411. The maximum absolute atomic E-state index is 12.5. The van der Waals surface area contributed by atoms with Gasteiger partial charge in [0, 0.05) is 6.54 Å². The summed E-state index contributed by atoms with van der Waals surface area (Å²) in [6.07, 6.45) is 0.651. The van der Waals surface area contributed by atoms with Gasteiger partial charge >= 0.3 is 5.69 Å². The van der Waals surface area contributed by atoms with Crippen molar-refractivity contribution < 1.29 is 4.79 Å². The number of nitrogens with two attached hydrogens (primary N) is 1. The van der Waals surface area contributed by atoms with Gasteiger partial charge in [0.25, 0.3) is 5.56 Å². The number of nitrogens with zero attached hydrogens (tertiary/aromatic N) is 2. The summed E-state index contributed by atoms with van der Waals surface area (Å²) < 4.78 is 2.44. The molecule has 106 valence electrons. The van der Waals surface area contributed by atoms with E-state index in [1.807, 2.05) is 6.92 Å². The smallest absolute Gasteiger partial charge is 0.332 e. The first-order valence-corrected chi connectivity index (χ1v) is 6.52. The van der Waals surface area contributed by atoms with Crippen LogP contribution >= 0.6 is 0 Å². The normalized spacial score (nSPS) is 12.5. The Kier molecular flexibility index (Phi) is 3.74. The van der Waals surface area contributed by atoms with Gasteiger partial charge in [-0.05, 0) is 25.5 Å². The number of carbonyl (C=O) groups is 1. The number of aromatic nitrogens is 2. The highest BCUT2D eigenvalue weighted by Crippen LogP contribution is 2.12. The summed E-state index contributed by atoms with van der Waals surface area (Å²) in [4.78, 5) is 36.2. The summed E-state index contributed by atoms with van der Waals surface area (Å²) in [5.41, 5.74) is 4.90. The highest BCUT2D eigenvalue weighted by atomic mass is 16.2. The largest absolute Gasteiger partial charge is 0.368 e. The Labute approximate surface area is 115 Å². The summed E-state index contributed by atoms with van der Waals surface area (Å²) in [5.74, 6) is -0.612. The van der Waals surface area contributed by atoms with Crippen molar-refractivity contribution in [1.82, 2.24) is 9.13 Å². The molecule has 1 heterocycles. The first kappa shape index (κ1) is 14.0. The molecule has 6 nitrogen and oxygen atoms in total. The van der Waals surface area contributed by atoms with Gasteiger partial charge < -0.3 is 5.73 Å².